The van der Waals surface area contributed by atoms with Crippen molar-refractivity contribution < 1.29 is 4.79 Å². The van der Waals surface area contributed by atoms with E-state index in [0.29, 0.717) is 10.8 Å². The SMILES string of the molecule is O=C(Nc1nccs1)c1cc(Cc2ccc(Cl)cc2)cn1CCc1ccsc1. The van der Waals surface area contributed by atoms with Gasteiger partial charge in [0, 0.05) is 29.3 Å². The van der Waals surface area contributed by atoms with Crippen LogP contribution in [-0.4, -0.2) is 15.5 Å². The van der Waals surface area contributed by atoms with Crippen molar-refractivity contribution >= 4 is 45.3 Å². The molecule has 28 heavy (non-hydrogen) atoms. The molecule has 0 unspecified atom stereocenters. The van der Waals surface area contributed by atoms with E-state index in [4.69, 9.17) is 11.6 Å². The van der Waals surface area contributed by atoms with Crippen molar-refractivity contribution in [3.05, 3.63) is 92.3 Å². The fourth-order valence-electron chi connectivity index (χ4n) is 3.01. The number of aryl methyl sites for hydroxylation is 2. The highest BCUT2D eigenvalue weighted by molar-refractivity contribution is 7.13. The quantitative estimate of drug-likeness (QED) is 0.408. The summed E-state index contributed by atoms with van der Waals surface area (Å²) in [5, 5.41) is 10.3. The Morgan fingerprint density at radius 1 is 1.11 bits per heavy atom. The first kappa shape index (κ1) is 18.9. The summed E-state index contributed by atoms with van der Waals surface area (Å²) < 4.78 is 2.03. The number of benzene rings is 1. The zero-order valence-electron chi connectivity index (χ0n) is 15.0. The number of thiophene rings is 1. The van der Waals surface area contributed by atoms with E-state index >= 15 is 0 Å². The van der Waals surface area contributed by atoms with Crippen molar-refractivity contribution in [1.82, 2.24) is 9.55 Å². The molecule has 0 saturated heterocycles. The number of halogens is 1. The number of rotatable bonds is 7. The van der Waals surface area contributed by atoms with Gasteiger partial charge in [0.05, 0.1) is 0 Å². The summed E-state index contributed by atoms with van der Waals surface area (Å²) in [4.78, 5) is 17.0. The van der Waals surface area contributed by atoms with Gasteiger partial charge in [-0.2, -0.15) is 11.3 Å². The van der Waals surface area contributed by atoms with Crippen LogP contribution in [-0.2, 0) is 19.4 Å². The van der Waals surface area contributed by atoms with Crippen LogP contribution in [0.25, 0.3) is 0 Å². The molecule has 1 aromatic carbocycles. The first-order chi connectivity index (χ1) is 13.7. The van der Waals surface area contributed by atoms with Crippen LogP contribution in [0.15, 0.2) is 64.9 Å². The van der Waals surface area contributed by atoms with E-state index in [1.54, 1.807) is 17.5 Å². The van der Waals surface area contributed by atoms with E-state index in [1.807, 2.05) is 40.3 Å². The molecule has 4 aromatic rings. The van der Waals surface area contributed by atoms with Crippen LogP contribution >= 0.6 is 34.3 Å². The smallest absolute Gasteiger partial charge is 0.274 e. The predicted octanol–water partition coefficient (Wildman–Crippen LogP) is 5.75. The average molecular weight is 428 g/mol. The van der Waals surface area contributed by atoms with Gasteiger partial charge in [-0.25, -0.2) is 4.98 Å². The van der Waals surface area contributed by atoms with Crippen molar-refractivity contribution in [2.45, 2.75) is 19.4 Å². The molecule has 142 valence electrons. The molecular formula is C21H18ClN3OS2. The van der Waals surface area contributed by atoms with Gasteiger partial charge in [-0.15, -0.1) is 11.3 Å². The van der Waals surface area contributed by atoms with E-state index in [1.165, 1.54) is 16.9 Å². The maximum Gasteiger partial charge on any atom is 0.274 e. The van der Waals surface area contributed by atoms with Crippen LogP contribution in [0.5, 0.6) is 0 Å². The van der Waals surface area contributed by atoms with Crippen molar-refractivity contribution in [2.75, 3.05) is 5.32 Å². The predicted molar refractivity (Wildman–Crippen MR) is 117 cm³/mol. The second-order valence-electron chi connectivity index (χ2n) is 6.40. The lowest BCUT2D eigenvalue weighted by molar-refractivity contribution is 0.101. The lowest BCUT2D eigenvalue weighted by Crippen LogP contribution is -2.17. The van der Waals surface area contributed by atoms with E-state index in [9.17, 15) is 4.79 Å². The number of hydrogen-bond acceptors (Lipinski definition) is 4. The fraction of sp³-hybridized carbons (Fsp3) is 0.143. The van der Waals surface area contributed by atoms with E-state index in [-0.39, 0.29) is 5.91 Å². The van der Waals surface area contributed by atoms with Gasteiger partial charge < -0.3 is 4.57 Å². The van der Waals surface area contributed by atoms with Gasteiger partial charge in [0.15, 0.2) is 5.13 Å². The van der Waals surface area contributed by atoms with Crippen LogP contribution in [0.3, 0.4) is 0 Å². The number of carbonyl (C=O) groups excluding carboxylic acids is 1. The number of thiazole rings is 1. The minimum atomic E-state index is -0.136. The highest BCUT2D eigenvalue weighted by Crippen LogP contribution is 2.19. The Hall–Kier alpha value is -2.41. The highest BCUT2D eigenvalue weighted by atomic mass is 35.5. The molecule has 0 fully saturated rings. The Kier molecular flexibility index (Phi) is 5.90. The van der Waals surface area contributed by atoms with Gasteiger partial charge in [0.1, 0.15) is 5.69 Å². The van der Waals surface area contributed by atoms with E-state index in [2.05, 4.69) is 33.3 Å². The Morgan fingerprint density at radius 2 is 1.96 bits per heavy atom. The first-order valence-electron chi connectivity index (χ1n) is 8.83. The van der Waals surface area contributed by atoms with E-state index < -0.39 is 0 Å². The lowest BCUT2D eigenvalue weighted by Gasteiger charge is -2.08. The summed E-state index contributed by atoms with van der Waals surface area (Å²) in [6, 6.07) is 11.9. The Balaban J connectivity index is 1.56. The molecule has 4 nitrogen and oxygen atoms in total. The van der Waals surface area contributed by atoms with Crippen molar-refractivity contribution in [1.29, 1.82) is 0 Å². The molecule has 7 heteroatoms. The minimum absolute atomic E-state index is 0.136. The molecule has 0 spiro atoms. The summed E-state index contributed by atoms with van der Waals surface area (Å²) in [5.74, 6) is -0.136. The number of aromatic nitrogens is 2. The molecule has 0 atom stereocenters. The monoisotopic (exact) mass is 427 g/mol. The normalized spacial score (nSPS) is 10.9. The van der Waals surface area contributed by atoms with Crippen molar-refractivity contribution in [2.24, 2.45) is 0 Å². The van der Waals surface area contributed by atoms with Crippen LogP contribution in [0.1, 0.15) is 27.2 Å². The number of carbonyl (C=O) groups is 1. The Bertz CT molecular complexity index is 1040. The number of anilines is 1. The number of hydrogen-bond donors (Lipinski definition) is 1. The third kappa shape index (κ3) is 4.70. The van der Waals surface area contributed by atoms with Gasteiger partial charge >= 0.3 is 0 Å². The van der Waals surface area contributed by atoms with Crippen LogP contribution in [0.2, 0.25) is 5.02 Å². The Labute approximate surface area is 176 Å². The first-order valence-corrected chi connectivity index (χ1v) is 11.0. The van der Waals surface area contributed by atoms with E-state index in [0.717, 1.165) is 35.5 Å². The van der Waals surface area contributed by atoms with Gasteiger partial charge in [0.2, 0.25) is 0 Å². The third-order valence-electron chi connectivity index (χ3n) is 4.38. The second kappa shape index (κ2) is 8.73. The molecule has 4 rings (SSSR count). The zero-order chi connectivity index (χ0) is 19.3. The number of amides is 1. The third-order valence-corrected chi connectivity index (χ3v) is 6.05. The molecule has 0 aliphatic carbocycles. The fourth-order valence-corrected chi connectivity index (χ4v) is 4.36. The zero-order valence-corrected chi connectivity index (χ0v) is 17.4. The molecule has 0 saturated carbocycles. The summed E-state index contributed by atoms with van der Waals surface area (Å²) in [6.07, 6.45) is 5.38. The topological polar surface area (TPSA) is 46.9 Å². The second-order valence-corrected chi connectivity index (χ2v) is 8.51. The summed E-state index contributed by atoms with van der Waals surface area (Å²) in [5.41, 5.74) is 4.18. The molecular weight excluding hydrogens is 410 g/mol. The maximum absolute atomic E-state index is 12.8. The van der Waals surface area contributed by atoms with Crippen molar-refractivity contribution in [3.8, 4) is 0 Å². The van der Waals surface area contributed by atoms with Crippen molar-refractivity contribution in [3.63, 3.8) is 0 Å². The summed E-state index contributed by atoms with van der Waals surface area (Å²) >= 11 is 9.08. The van der Waals surface area contributed by atoms with Gasteiger partial charge in [0.25, 0.3) is 5.91 Å². The van der Waals surface area contributed by atoms with Crippen LogP contribution < -0.4 is 5.32 Å². The molecule has 3 aromatic heterocycles. The number of nitrogens with one attached hydrogen (secondary N) is 1. The largest absolute Gasteiger partial charge is 0.343 e. The van der Waals surface area contributed by atoms with Crippen LogP contribution in [0, 0.1) is 0 Å². The van der Waals surface area contributed by atoms with Gasteiger partial charge in [-0.3, -0.25) is 10.1 Å². The molecule has 0 radical (unpaired) electrons. The number of nitrogens with zero attached hydrogens (tertiary/aromatic N) is 2. The summed E-state index contributed by atoms with van der Waals surface area (Å²) in [7, 11) is 0. The average Bonchev–Trinajstić information content (AvgIpc) is 3.44. The molecule has 0 bridgehead atoms. The molecule has 3 heterocycles. The van der Waals surface area contributed by atoms with Gasteiger partial charge in [-0.05, 0) is 64.6 Å². The summed E-state index contributed by atoms with van der Waals surface area (Å²) in [6.45, 7) is 0.748. The molecule has 0 aliphatic rings. The maximum atomic E-state index is 12.8. The molecule has 1 N–H and O–H groups in total. The standard InChI is InChI=1S/C21H18ClN3OS2/c22-18-3-1-15(2-4-18)11-17-12-19(20(26)24-21-23-7-10-28-21)25(13-17)8-5-16-6-9-27-14-16/h1-4,6-7,9-10,12-14H,5,8,11H2,(H,23,24,26). The minimum Gasteiger partial charge on any atom is -0.343 e. The molecule has 0 aliphatic heterocycles. The lowest BCUT2D eigenvalue weighted by atomic mass is 10.1. The van der Waals surface area contributed by atoms with Crippen LogP contribution in [0.4, 0.5) is 5.13 Å². The van der Waals surface area contributed by atoms with Gasteiger partial charge in [-0.1, -0.05) is 23.7 Å². The molecule has 1 amide bonds. The highest BCUT2D eigenvalue weighted by Gasteiger charge is 2.15. The Morgan fingerprint density at radius 3 is 2.68 bits per heavy atom.